The number of esters is 1. The number of nitrogens with zero attached hydrogens (tertiary/aromatic N) is 1. The molecule has 1 aromatic carbocycles. The Kier molecular flexibility index (Phi) is 6.01. The van der Waals surface area contributed by atoms with Crippen LogP contribution in [-0.4, -0.2) is 30.1 Å². The third-order valence-corrected chi connectivity index (χ3v) is 5.79. The fourth-order valence-corrected chi connectivity index (χ4v) is 4.15. The summed E-state index contributed by atoms with van der Waals surface area (Å²) in [5.41, 5.74) is 0.802. The molecule has 0 bridgehead atoms. The molecule has 0 spiro atoms. The predicted octanol–water partition coefficient (Wildman–Crippen LogP) is 4.04. The lowest BCUT2D eigenvalue weighted by Crippen LogP contribution is -2.32. The number of halogens is 2. The fraction of sp³-hybridized carbons (Fsp3) is 0.316. The normalized spacial score (nSPS) is 16.6. The number of amides is 2. The van der Waals surface area contributed by atoms with Crippen LogP contribution in [0.3, 0.4) is 0 Å². The SMILES string of the molecule is C=CCOC(=O)CSc1cc(N2C(=O)C3=C(CCCC3)C2=O)c(F)cc1Cl. The average molecular weight is 410 g/mol. The number of carbonyl (C=O) groups is 3. The zero-order chi connectivity index (χ0) is 19.6. The molecule has 1 heterocycles. The van der Waals surface area contributed by atoms with Crippen LogP contribution in [0, 0.1) is 5.82 Å². The molecule has 8 heteroatoms. The summed E-state index contributed by atoms with van der Waals surface area (Å²) in [5.74, 6) is -2.24. The maximum atomic E-state index is 14.5. The lowest BCUT2D eigenvalue weighted by Gasteiger charge is -2.17. The Bertz CT molecular complexity index is 840. The van der Waals surface area contributed by atoms with E-state index in [4.69, 9.17) is 16.3 Å². The average Bonchev–Trinajstić information content (AvgIpc) is 2.91. The van der Waals surface area contributed by atoms with E-state index in [9.17, 15) is 18.8 Å². The highest BCUT2D eigenvalue weighted by atomic mass is 35.5. The number of rotatable bonds is 6. The molecular formula is C19H17ClFNO4S. The van der Waals surface area contributed by atoms with Crippen LogP contribution in [0.2, 0.25) is 5.02 Å². The van der Waals surface area contributed by atoms with Gasteiger partial charge >= 0.3 is 5.97 Å². The minimum absolute atomic E-state index is 0.0464. The second-order valence-electron chi connectivity index (χ2n) is 6.10. The molecule has 142 valence electrons. The minimum Gasteiger partial charge on any atom is -0.461 e. The Labute approximate surface area is 165 Å². The summed E-state index contributed by atoms with van der Waals surface area (Å²) in [6.07, 6.45) is 4.18. The number of benzene rings is 1. The predicted molar refractivity (Wildman–Crippen MR) is 101 cm³/mol. The van der Waals surface area contributed by atoms with Gasteiger partial charge in [-0.25, -0.2) is 9.29 Å². The second-order valence-corrected chi connectivity index (χ2v) is 7.53. The molecule has 0 saturated heterocycles. The van der Waals surface area contributed by atoms with Gasteiger partial charge in [0.1, 0.15) is 12.4 Å². The molecule has 3 rings (SSSR count). The van der Waals surface area contributed by atoms with E-state index in [0.717, 1.165) is 35.6 Å². The number of ether oxygens (including phenoxy) is 1. The molecule has 1 aromatic rings. The van der Waals surface area contributed by atoms with E-state index in [1.165, 1.54) is 12.1 Å². The van der Waals surface area contributed by atoms with Crippen LogP contribution in [0.15, 0.2) is 40.8 Å². The molecule has 2 aliphatic rings. The minimum atomic E-state index is -0.764. The largest absolute Gasteiger partial charge is 0.461 e. The smallest absolute Gasteiger partial charge is 0.316 e. The number of imide groups is 1. The van der Waals surface area contributed by atoms with E-state index in [-0.39, 0.29) is 23.1 Å². The first kappa shape index (κ1) is 19.6. The highest BCUT2D eigenvalue weighted by Crippen LogP contribution is 2.39. The van der Waals surface area contributed by atoms with Crippen LogP contribution in [0.5, 0.6) is 0 Å². The molecule has 2 amide bonds. The van der Waals surface area contributed by atoms with Crippen molar-refractivity contribution in [3.63, 3.8) is 0 Å². The monoisotopic (exact) mass is 409 g/mol. The van der Waals surface area contributed by atoms with E-state index in [2.05, 4.69) is 6.58 Å². The van der Waals surface area contributed by atoms with Gasteiger partial charge in [-0.1, -0.05) is 24.3 Å². The Morgan fingerprint density at radius 2 is 1.89 bits per heavy atom. The first-order chi connectivity index (χ1) is 12.9. The third kappa shape index (κ3) is 3.94. The van der Waals surface area contributed by atoms with Gasteiger partial charge in [0.25, 0.3) is 11.8 Å². The van der Waals surface area contributed by atoms with Gasteiger partial charge in [-0.2, -0.15) is 0 Å². The van der Waals surface area contributed by atoms with Crippen molar-refractivity contribution in [2.75, 3.05) is 17.3 Å². The van der Waals surface area contributed by atoms with Crippen LogP contribution in [-0.2, 0) is 19.1 Å². The summed E-state index contributed by atoms with van der Waals surface area (Å²) in [6, 6.07) is 2.38. The third-order valence-electron chi connectivity index (χ3n) is 4.34. The van der Waals surface area contributed by atoms with Crippen molar-refractivity contribution < 1.29 is 23.5 Å². The maximum Gasteiger partial charge on any atom is 0.316 e. The summed E-state index contributed by atoms with van der Waals surface area (Å²) < 4.78 is 19.4. The summed E-state index contributed by atoms with van der Waals surface area (Å²) in [5, 5.41) is 0.0922. The first-order valence-corrected chi connectivity index (χ1v) is 9.79. The molecule has 5 nitrogen and oxygen atoms in total. The Morgan fingerprint density at radius 3 is 2.48 bits per heavy atom. The van der Waals surface area contributed by atoms with Gasteiger partial charge in [0, 0.05) is 16.0 Å². The molecular weight excluding hydrogens is 393 g/mol. The molecule has 0 N–H and O–H groups in total. The molecule has 27 heavy (non-hydrogen) atoms. The lowest BCUT2D eigenvalue weighted by molar-refractivity contribution is -0.139. The van der Waals surface area contributed by atoms with Gasteiger partial charge in [0.05, 0.1) is 16.5 Å². The molecule has 0 saturated carbocycles. The number of carbonyl (C=O) groups excluding carboxylic acids is 3. The molecule has 0 radical (unpaired) electrons. The summed E-state index contributed by atoms with van der Waals surface area (Å²) in [4.78, 5) is 38.2. The van der Waals surface area contributed by atoms with Crippen molar-refractivity contribution >= 4 is 46.8 Å². The van der Waals surface area contributed by atoms with E-state index in [1.54, 1.807) is 0 Å². The van der Waals surface area contributed by atoms with Gasteiger partial charge in [0.15, 0.2) is 0 Å². The van der Waals surface area contributed by atoms with Crippen molar-refractivity contribution in [1.29, 1.82) is 0 Å². The number of thioether (sulfide) groups is 1. The second kappa shape index (κ2) is 8.27. The fourth-order valence-electron chi connectivity index (χ4n) is 3.09. The Balaban J connectivity index is 1.84. The van der Waals surface area contributed by atoms with Crippen LogP contribution < -0.4 is 4.90 Å². The van der Waals surface area contributed by atoms with Crippen LogP contribution in [0.4, 0.5) is 10.1 Å². The van der Waals surface area contributed by atoms with Crippen molar-refractivity contribution in [2.45, 2.75) is 30.6 Å². The topological polar surface area (TPSA) is 63.7 Å². The van der Waals surface area contributed by atoms with Crippen LogP contribution >= 0.6 is 23.4 Å². The van der Waals surface area contributed by atoms with Crippen molar-refractivity contribution in [1.82, 2.24) is 0 Å². The maximum absolute atomic E-state index is 14.5. The molecule has 0 unspecified atom stereocenters. The Morgan fingerprint density at radius 1 is 1.26 bits per heavy atom. The van der Waals surface area contributed by atoms with Gasteiger partial charge in [-0.15, -0.1) is 11.8 Å². The quantitative estimate of drug-likeness (QED) is 0.307. The first-order valence-electron chi connectivity index (χ1n) is 8.43. The van der Waals surface area contributed by atoms with Gasteiger partial charge in [-0.3, -0.25) is 14.4 Å². The van der Waals surface area contributed by atoms with Crippen LogP contribution in [0.1, 0.15) is 25.7 Å². The van der Waals surface area contributed by atoms with E-state index in [0.29, 0.717) is 28.9 Å². The highest BCUT2D eigenvalue weighted by Gasteiger charge is 2.41. The zero-order valence-corrected chi connectivity index (χ0v) is 16.0. The van der Waals surface area contributed by atoms with Crippen molar-refractivity contribution in [2.24, 2.45) is 0 Å². The summed E-state index contributed by atoms with van der Waals surface area (Å²) in [7, 11) is 0. The van der Waals surface area contributed by atoms with E-state index in [1.807, 2.05) is 0 Å². The summed E-state index contributed by atoms with van der Waals surface area (Å²) in [6.45, 7) is 3.55. The van der Waals surface area contributed by atoms with Gasteiger partial charge in [-0.05, 0) is 37.8 Å². The molecule has 0 fully saturated rings. The molecule has 1 aliphatic carbocycles. The number of anilines is 1. The van der Waals surface area contributed by atoms with Gasteiger partial charge in [0.2, 0.25) is 0 Å². The number of hydrogen-bond donors (Lipinski definition) is 0. The van der Waals surface area contributed by atoms with Crippen molar-refractivity contribution in [3.05, 3.63) is 46.8 Å². The Hall–Kier alpha value is -2.12. The van der Waals surface area contributed by atoms with Crippen LogP contribution in [0.25, 0.3) is 0 Å². The number of hydrogen-bond acceptors (Lipinski definition) is 5. The summed E-state index contributed by atoms with van der Waals surface area (Å²) >= 11 is 7.11. The molecule has 0 aromatic heterocycles. The van der Waals surface area contributed by atoms with Gasteiger partial charge < -0.3 is 4.74 Å². The molecule has 1 aliphatic heterocycles. The lowest BCUT2D eigenvalue weighted by atomic mass is 9.93. The van der Waals surface area contributed by atoms with Crippen molar-refractivity contribution in [3.8, 4) is 0 Å². The zero-order valence-electron chi connectivity index (χ0n) is 14.4. The highest BCUT2D eigenvalue weighted by molar-refractivity contribution is 8.00. The molecule has 0 atom stereocenters. The van der Waals surface area contributed by atoms with E-state index >= 15 is 0 Å². The standard InChI is InChI=1S/C19H17ClFNO4S/c1-2-7-26-17(23)10-27-16-9-15(14(21)8-13(16)20)22-18(24)11-5-3-4-6-12(11)19(22)25/h2,8-9H,1,3-7,10H2. The van der Waals surface area contributed by atoms with E-state index < -0.39 is 23.6 Å².